The number of rotatable bonds is 4. The summed E-state index contributed by atoms with van der Waals surface area (Å²) in [6.45, 7) is 5.35. The minimum atomic E-state index is -1.31. The van der Waals surface area contributed by atoms with Gasteiger partial charge in [-0.2, -0.15) is 20.1 Å². The standard InChI is InChI=1S/C19H26O2S2.C2H6/c1-22(2,17-11-7-5-8-12-17)19(20-15-16-21-19)23(3,4)18-13-9-6-10-14-18;1-2/h5-14H,15-16H2,1-4H3;1-2H3. The molecular weight excluding hydrogens is 348 g/mol. The highest BCUT2D eigenvalue weighted by Crippen LogP contribution is 2.78. The van der Waals surface area contributed by atoms with Crippen molar-refractivity contribution in [3.05, 3.63) is 60.7 Å². The summed E-state index contributed by atoms with van der Waals surface area (Å²) in [4.78, 5) is 2.66. The van der Waals surface area contributed by atoms with Crippen molar-refractivity contribution in [1.82, 2.24) is 0 Å². The van der Waals surface area contributed by atoms with E-state index in [2.05, 4.69) is 85.7 Å². The average molecular weight is 381 g/mol. The molecule has 2 nitrogen and oxygen atoms in total. The molecular formula is C21H32O2S2. The van der Waals surface area contributed by atoms with Gasteiger partial charge in [-0.25, -0.2) is 0 Å². The van der Waals surface area contributed by atoms with E-state index < -0.39 is 24.5 Å². The van der Waals surface area contributed by atoms with Gasteiger partial charge in [0.15, 0.2) is 0 Å². The van der Waals surface area contributed by atoms with Crippen LogP contribution in [-0.4, -0.2) is 42.7 Å². The predicted octanol–water partition coefficient (Wildman–Crippen LogP) is 5.92. The van der Waals surface area contributed by atoms with Gasteiger partial charge in [-0.1, -0.05) is 50.2 Å². The van der Waals surface area contributed by atoms with Gasteiger partial charge in [0.25, 0.3) is 0 Å². The van der Waals surface area contributed by atoms with Crippen molar-refractivity contribution in [1.29, 1.82) is 0 Å². The summed E-state index contributed by atoms with van der Waals surface area (Å²) in [5.74, 6) is 0. The van der Waals surface area contributed by atoms with Gasteiger partial charge in [0, 0.05) is 0 Å². The van der Waals surface area contributed by atoms with Gasteiger partial charge >= 0.3 is 0 Å². The van der Waals surface area contributed by atoms with Crippen LogP contribution in [0.3, 0.4) is 0 Å². The Bertz CT molecular complexity index is 595. The minimum Gasteiger partial charge on any atom is -0.332 e. The topological polar surface area (TPSA) is 18.5 Å². The van der Waals surface area contributed by atoms with Gasteiger partial charge in [-0.3, -0.25) is 0 Å². The Morgan fingerprint density at radius 2 is 0.960 bits per heavy atom. The van der Waals surface area contributed by atoms with E-state index in [9.17, 15) is 0 Å². The van der Waals surface area contributed by atoms with E-state index >= 15 is 0 Å². The Balaban J connectivity index is 0.00000109. The molecule has 0 aliphatic carbocycles. The van der Waals surface area contributed by atoms with Crippen molar-refractivity contribution in [3.8, 4) is 0 Å². The lowest BCUT2D eigenvalue weighted by molar-refractivity contribution is -0.00484. The molecule has 0 unspecified atom stereocenters. The van der Waals surface area contributed by atoms with Crippen LogP contribution in [0.2, 0.25) is 0 Å². The van der Waals surface area contributed by atoms with Crippen LogP contribution in [0.5, 0.6) is 0 Å². The Morgan fingerprint density at radius 1 is 0.640 bits per heavy atom. The first-order valence-corrected chi connectivity index (χ1v) is 13.7. The Kier molecular flexibility index (Phi) is 6.66. The molecule has 4 heteroatoms. The molecule has 2 aromatic rings. The van der Waals surface area contributed by atoms with Crippen molar-refractivity contribution in [2.24, 2.45) is 0 Å². The second kappa shape index (κ2) is 8.17. The Labute approximate surface area is 156 Å². The Morgan fingerprint density at radius 3 is 1.28 bits per heavy atom. The first-order chi connectivity index (χ1) is 11.9. The van der Waals surface area contributed by atoms with E-state index in [1.165, 1.54) is 9.79 Å². The lowest BCUT2D eigenvalue weighted by atomic mass is 10.4. The number of benzene rings is 2. The molecule has 1 fully saturated rings. The number of hydrogen-bond acceptors (Lipinski definition) is 2. The van der Waals surface area contributed by atoms with Gasteiger partial charge in [0.1, 0.15) is 0 Å². The highest BCUT2D eigenvalue weighted by molar-refractivity contribution is 8.49. The van der Waals surface area contributed by atoms with Crippen molar-refractivity contribution < 1.29 is 9.47 Å². The zero-order valence-corrected chi connectivity index (χ0v) is 18.0. The van der Waals surface area contributed by atoms with Crippen molar-refractivity contribution in [2.75, 3.05) is 38.2 Å². The fraction of sp³-hybridized carbons (Fsp3) is 0.429. The smallest absolute Gasteiger partial charge is 0.244 e. The monoisotopic (exact) mass is 380 g/mol. The van der Waals surface area contributed by atoms with Crippen LogP contribution >= 0.6 is 20.1 Å². The molecule has 0 bridgehead atoms. The summed E-state index contributed by atoms with van der Waals surface area (Å²) in [5.41, 5.74) is 0. The fourth-order valence-electron chi connectivity index (χ4n) is 3.30. The van der Waals surface area contributed by atoms with E-state index in [4.69, 9.17) is 9.47 Å². The first-order valence-electron chi connectivity index (χ1n) is 8.76. The molecule has 0 atom stereocenters. The third kappa shape index (κ3) is 3.50. The maximum absolute atomic E-state index is 6.43. The average Bonchev–Trinajstić information content (AvgIpc) is 3.17. The third-order valence-electron chi connectivity index (χ3n) is 4.56. The molecule has 0 amide bonds. The molecule has 0 saturated carbocycles. The zero-order chi connectivity index (χ0) is 18.6. The quantitative estimate of drug-likeness (QED) is 0.656. The first kappa shape index (κ1) is 20.4. The molecule has 1 aliphatic rings. The lowest BCUT2D eigenvalue weighted by Gasteiger charge is -2.57. The third-order valence-corrected chi connectivity index (χ3v) is 12.9. The molecule has 25 heavy (non-hydrogen) atoms. The van der Waals surface area contributed by atoms with E-state index in [0.29, 0.717) is 13.2 Å². The van der Waals surface area contributed by atoms with Crippen molar-refractivity contribution in [3.63, 3.8) is 0 Å². The molecule has 0 N–H and O–H groups in total. The summed E-state index contributed by atoms with van der Waals surface area (Å²) >= 11 is 0. The highest BCUT2D eigenvalue weighted by Gasteiger charge is 2.56. The fourth-order valence-corrected chi connectivity index (χ4v) is 11.8. The minimum absolute atomic E-state index is 0.539. The molecule has 2 aromatic carbocycles. The van der Waals surface area contributed by atoms with E-state index in [1.54, 1.807) is 0 Å². The second-order valence-corrected chi connectivity index (χ2v) is 14.1. The van der Waals surface area contributed by atoms with Gasteiger partial charge in [-0.15, -0.1) is 0 Å². The maximum atomic E-state index is 6.43. The molecule has 1 aliphatic heterocycles. The van der Waals surface area contributed by atoms with Crippen molar-refractivity contribution >= 4 is 20.1 Å². The van der Waals surface area contributed by atoms with E-state index in [1.807, 2.05) is 13.8 Å². The highest BCUT2D eigenvalue weighted by atomic mass is 32.3. The summed E-state index contributed by atoms with van der Waals surface area (Å²) in [6.07, 6.45) is 9.30. The van der Waals surface area contributed by atoms with E-state index in [-0.39, 0.29) is 0 Å². The number of hydrogen-bond donors (Lipinski definition) is 0. The summed E-state index contributed by atoms with van der Waals surface area (Å²) < 4.78 is 12.3. The van der Waals surface area contributed by atoms with Crippen LogP contribution in [0, 0.1) is 0 Å². The molecule has 0 radical (unpaired) electrons. The van der Waals surface area contributed by atoms with Gasteiger partial charge in [0.2, 0.25) is 4.45 Å². The normalized spacial score (nSPS) is 18.2. The van der Waals surface area contributed by atoms with Crippen LogP contribution in [0.25, 0.3) is 0 Å². The summed E-state index contributed by atoms with van der Waals surface area (Å²) in [7, 11) is -2.63. The SMILES string of the molecule is CC.CS(C)(c1ccccc1)C1(S(C)(C)c2ccccc2)OCCO1. The van der Waals surface area contributed by atoms with E-state index in [0.717, 1.165) is 0 Å². The van der Waals surface area contributed by atoms with Crippen LogP contribution in [0.4, 0.5) is 0 Å². The lowest BCUT2D eigenvalue weighted by Crippen LogP contribution is -2.40. The molecule has 140 valence electrons. The van der Waals surface area contributed by atoms with Crippen LogP contribution in [0.1, 0.15) is 13.8 Å². The van der Waals surface area contributed by atoms with Crippen LogP contribution < -0.4 is 0 Å². The molecule has 1 heterocycles. The second-order valence-electron chi connectivity index (χ2n) is 6.48. The number of ether oxygens (including phenoxy) is 2. The largest absolute Gasteiger partial charge is 0.332 e. The molecule has 3 rings (SSSR count). The van der Waals surface area contributed by atoms with Crippen molar-refractivity contribution in [2.45, 2.75) is 28.1 Å². The Hall–Kier alpha value is -0.940. The maximum Gasteiger partial charge on any atom is 0.244 e. The predicted molar refractivity (Wildman–Crippen MR) is 114 cm³/mol. The molecule has 1 saturated heterocycles. The molecule has 0 spiro atoms. The van der Waals surface area contributed by atoms with Gasteiger partial charge < -0.3 is 9.47 Å². The van der Waals surface area contributed by atoms with Gasteiger partial charge in [0.05, 0.1) is 13.2 Å². The van der Waals surface area contributed by atoms with Crippen LogP contribution in [0.15, 0.2) is 70.5 Å². The zero-order valence-electron chi connectivity index (χ0n) is 16.3. The summed E-state index contributed by atoms with van der Waals surface area (Å²) in [6, 6.07) is 21.4. The van der Waals surface area contributed by atoms with Gasteiger partial charge in [-0.05, 0) is 59.1 Å². The van der Waals surface area contributed by atoms with Crippen LogP contribution in [-0.2, 0) is 9.47 Å². The molecule has 0 aromatic heterocycles. The summed E-state index contributed by atoms with van der Waals surface area (Å²) in [5, 5.41) is 0.